The fourth-order valence-corrected chi connectivity index (χ4v) is 3.37. The number of nitrogens with zero attached hydrogens (tertiary/aromatic N) is 2. The predicted molar refractivity (Wildman–Crippen MR) is 104 cm³/mol. The second-order valence-corrected chi connectivity index (χ2v) is 6.94. The summed E-state index contributed by atoms with van der Waals surface area (Å²) >= 11 is 0. The van der Waals surface area contributed by atoms with Crippen LogP contribution in [0.1, 0.15) is 27.4 Å². The van der Waals surface area contributed by atoms with E-state index in [-0.39, 0.29) is 18.5 Å². The molecule has 1 amide bonds. The van der Waals surface area contributed by atoms with E-state index in [4.69, 9.17) is 4.42 Å². The van der Waals surface area contributed by atoms with E-state index in [1.165, 1.54) is 11.1 Å². The van der Waals surface area contributed by atoms with Crippen LogP contribution >= 0.6 is 0 Å². The summed E-state index contributed by atoms with van der Waals surface area (Å²) < 4.78 is 5.38. The highest BCUT2D eigenvalue weighted by Crippen LogP contribution is 2.19. The van der Waals surface area contributed by atoms with E-state index < -0.39 is 6.10 Å². The molecule has 28 heavy (non-hydrogen) atoms. The molecule has 0 radical (unpaired) electrons. The Balaban J connectivity index is 1.33. The van der Waals surface area contributed by atoms with Crippen LogP contribution in [0.4, 0.5) is 0 Å². The van der Waals surface area contributed by atoms with Crippen LogP contribution in [-0.2, 0) is 13.0 Å². The monoisotopic (exact) mass is 378 g/mol. The van der Waals surface area contributed by atoms with Crippen molar-refractivity contribution in [3.63, 3.8) is 0 Å². The van der Waals surface area contributed by atoms with Gasteiger partial charge in [-0.1, -0.05) is 24.3 Å². The molecule has 3 aromatic rings. The van der Waals surface area contributed by atoms with E-state index >= 15 is 0 Å². The minimum atomic E-state index is -0.669. The number of amides is 1. The van der Waals surface area contributed by atoms with Gasteiger partial charge in [-0.3, -0.25) is 4.79 Å². The zero-order chi connectivity index (χ0) is 19.5. The third kappa shape index (κ3) is 3.95. The van der Waals surface area contributed by atoms with Gasteiger partial charge in [-0.15, -0.1) is 10.2 Å². The molecule has 1 aliphatic rings. The maximum Gasteiger partial charge on any atom is 0.251 e. The lowest BCUT2D eigenvalue weighted by Crippen LogP contribution is -2.49. The SMILES string of the molecule is Cc1nnc(-c2ccc(C(=O)NC[C@@H](O)[C@@H]3Cc4ccccc4CN3)cc2)o1. The molecule has 144 valence electrons. The summed E-state index contributed by atoms with van der Waals surface area (Å²) in [5, 5.41) is 24.4. The number of hydrogen-bond donors (Lipinski definition) is 3. The van der Waals surface area contributed by atoms with Gasteiger partial charge < -0.3 is 20.2 Å². The molecule has 1 aliphatic heterocycles. The number of aliphatic hydroxyl groups excluding tert-OH is 1. The number of hydrogen-bond acceptors (Lipinski definition) is 6. The third-order valence-electron chi connectivity index (χ3n) is 4.97. The number of aromatic nitrogens is 2. The Labute approximate surface area is 162 Å². The third-order valence-corrected chi connectivity index (χ3v) is 4.97. The first-order valence-electron chi connectivity index (χ1n) is 9.27. The van der Waals surface area contributed by atoms with Crippen molar-refractivity contribution in [2.45, 2.75) is 32.0 Å². The molecular formula is C21H22N4O3. The molecule has 7 heteroatoms. The van der Waals surface area contributed by atoms with E-state index in [0.717, 1.165) is 18.5 Å². The average molecular weight is 378 g/mol. The summed E-state index contributed by atoms with van der Waals surface area (Å²) in [6, 6.07) is 15.0. The maximum absolute atomic E-state index is 12.4. The van der Waals surface area contributed by atoms with Crippen LogP contribution in [0.2, 0.25) is 0 Å². The van der Waals surface area contributed by atoms with Gasteiger partial charge in [-0.05, 0) is 41.8 Å². The Morgan fingerprint density at radius 2 is 1.96 bits per heavy atom. The van der Waals surface area contributed by atoms with Gasteiger partial charge in [0.2, 0.25) is 11.8 Å². The largest absolute Gasteiger partial charge is 0.421 e. The fourth-order valence-electron chi connectivity index (χ4n) is 3.37. The van der Waals surface area contributed by atoms with E-state index in [1.54, 1.807) is 31.2 Å². The van der Waals surface area contributed by atoms with Crippen LogP contribution in [0.5, 0.6) is 0 Å². The molecule has 2 heterocycles. The highest BCUT2D eigenvalue weighted by molar-refractivity contribution is 5.94. The molecular weight excluding hydrogens is 356 g/mol. The zero-order valence-corrected chi connectivity index (χ0v) is 15.6. The number of aryl methyl sites for hydroxylation is 1. The molecule has 2 aromatic carbocycles. The van der Waals surface area contributed by atoms with Gasteiger partial charge in [0.05, 0.1) is 6.10 Å². The van der Waals surface area contributed by atoms with Crippen LogP contribution in [0.25, 0.3) is 11.5 Å². The van der Waals surface area contributed by atoms with Crippen molar-refractivity contribution >= 4 is 5.91 Å². The molecule has 0 fully saturated rings. The van der Waals surface area contributed by atoms with Crippen molar-refractivity contribution in [3.05, 3.63) is 71.1 Å². The Hall–Kier alpha value is -3.03. The number of fused-ring (bicyclic) bond motifs is 1. The van der Waals surface area contributed by atoms with Gasteiger partial charge in [-0.2, -0.15) is 0 Å². The topological polar surface area (TPSA) is 100 Å². The van der Waals surface area contributed by atoms with Gasteiger partial charge in [-0.25, -0.2) is 0 Å². The molecule has 4 rings (SSSR count). The standard InChI is InChI=1S/C21H22N4O3/c1-13-24-25-21(28-13)15-8-6-14(7-9-15)20(27)23-12-19(26)18-10-16-4-2-3-5-17(16)11-22-18/h2-9,18-19,22,26H,10-12H2,1H3,(H,23,27)/t18-,19+/m0/s1. The van der Waals surface area contributed by atoms with Crippen molar-refractivity contribution in [3.8, 4) is 11.5 Å². The number of rotatable bonds is 5. The summed E-state index contributed by atoms with van der Waals surface area (Å²) in [6.45, 7) is 2.63. The predicted octanol–water partition coefficient (Wildman–Crippen LogP) is 1.85. The zero-order valence-electron chi connectivity index (χ0n) is 15.6. The summed E-state index contributed by atoms with van der Waals surface area (Å²) in [6.07, 6.45) is 0.0730. The number of benzene rings is 2. The lowest BCUT2D eigenvalue weighted by molar-refractivity contribution is 0.0870. The van der Waals surface area contributed by atoms with Crippen molar-refractivity contribution in [2.75, 3.05) is 6.54 Å². The Morgan fingerprint density at radius 3 is 2.68 bits per heavy atom. The number of carbonyl (C=O) groups excluding carboxylic acids is 1. The minimum absolute atomic E-state index is 0.0849. The fraction of sp³-hybridized carbons (Fsp3) is 0.286. The van der Waals surface area contributed by atoms with Gasteiger partial charge >= 0.3 is 0 Å². The lowest BCUT2D eigenvalue weighted by atomic mass is 9.93. The Bertz CT molecular complexity index is 968. The average Bonchev–Trinajstić information content (AvgIpc) is 3.17. The summed E-state index contributed by atoms with van der Waals surface area (Å²) in [7, 11) is 0. The van der Waals surface area contributed by atoms with Gasteiger partial charge in [0.25, 0.3) is 5.91 Å². The van der Waals surface area contributed by atoms with Crippen LogP contribution in [-0.4, -0.2) is 39.9 Å². The van der Waals surface area contributed by atoms with Crippen molar-refractivity contribution in [1.29, 1.82) is 0 Å². The molecule has 0 bridgehead atoms. The first-order chi connectivity index (χ1) is 13.6. The highest BCUT2D eigenvalue weighted by atomic mass is 16.4. The molecule has 0 unspecified atom stereocenters. The Kier molecular flexibility index (Phi) is 5.18. The van der Waals surface area contributed by atoms with Crippen molar-refractivity contribution in [1.82, 2.24) is 20.8 Å². The smallest absolute Gasteiger partial charge is 0.251 e. The van der Waals surface area contributed by atoms with Crippen molar-refractivity contribution < 1.29 is 14.3 Å². The summed E-state index contributed by atoms with van der Waals surface area (Å²) in [4.78, 5) is 12.4. The van der Waals surface area contributed by atoms with Gasteiger partial charge in [0.15, 0.2) is 0 Å². The van der Waals surface area contributed by atoms with Crippen LogP contribution < -0.4 is 10.6 Å². The molecule has 1 aromatic heterocycles. The Morgan fingerprint density at radius 1 is 1.21 bits per heavy atom. The number of carbonyl (C=O) groups is 1. The van der Waals surface area contributed by atoms with Gasteiger partial charge in [0, 0.05) is 37.2 Å². The first-order valence-corrected chi connectivity index (χ1v) is 9.27. The second-order valence-electron chi connectivity index (χ2n) is 6.94. The van der Waals surface area contributed by atoms with Crippen LogP contribution in [0.3, 0.4) is 0 Å². The summed E-state index contributed by atoms with van der Waals surface area (Å²) in [5.41, 5.74) is 3.76. The summed E-state index contributed by atoms with van der Waals surface area (Å²) in [5.74, 6) is 0.678. The molecule has 7 nitrogen and oxygen atoms in total. The highest BCUT2D eigenvalue weighted by Gasteiger charge is 2.24. The minimum Gasteiger partial charge on any atom is -0.421 e. The molecule has 3 N–H and O–H groups in total. The van der Waals surface area contributed by atoms with Crippen LogP contribution in [0, 0.1) is 6.92 Å². The number of nitrogens with one attached hydrogen (secondary N) is 2. The van der Waals surface area contributed by atoms with Crippen LogP contribution in [0.15, 0.2) is 52.9 Å². The van der Waals surface area contributed by atoms with E-state index in [0.29, 0.717) is 17.3 Å². The normalized spacial score (nSPS) is 17.0. The van der Waals surface area contributed by atoms with E-state index in [9.17, 15) is 9.90 Å². The molecule has 0 saturated heterocycles. The first kappa shape index (κ1) is 18.3. The van der Waals surface area contributed by atoms with E-state index in [1.807, 2.05) is 12.1 Å². The number of aliphatic hydroxyl groups is 1. The van der Waals surface area contributed by atoms with Gasteiger partial charge in [0.1, 0.15) is 0 Å². The van der Waals surface area contributed by atoms with Crippen molar-refractivity contribution in [2.24, 2.45) is 0 Å². The van der Waals surface area contributed by atoms with E-state index in [2.05, 4.69) is 33.0 Å². The molecule has 0 aliphatic carbocycles. The quantitative estimate of drug-likeness (QED) is 0.627. The molecule has 2 atom stereocenters. The second kappa shape index (κ2) is 7.92. The molecule has 0 spiro atoms. The maximum atomic E-state index is 12.4. The molecule has 0 saturated carbocycles. The lowest BCUT2D eigenvalue weighted by Gasteiger charge is -2.30.